The van der Waals surface area contributed by atoms with Gasteiger partial charge in [0.25, 0.3) is 12.4 Å². The molecule has 156 valence electrons. The van der Waals surface area contributed by atoms with Crippen LogP contribution >= 0.6 is 0 Å². The lowest BCUT2D eigenvalue weighted by molar-refractivity contribution is -0.158. The third-order valence-electron chi connectivity index (χ3n) is 4.05. The molecule has 1 saturated heterocycles. The third-order valence-corrected chi connectivity index (χ3v) is 4.05. The van der Waals surface area contributed by atoms with Gasteiger partial charge in [-0.2, -0.15) is 0 Å². The van der Waals surface area contributed by atoms with Crippen molar-refractivity contribution in [1.29, 1.82) is 0 Å². The van der Waals surface area contributed by atoms with Crippen molar-refractivity contribution in [3.8, 4) is 11.1 Å². The number of nitrogens with zero attached hydrogens (tertiary/aromatic N) is 1. The Hall–Kier alpha value is -3.16. The number of hydrogen-bond acceptors (Lipinski definition) is 6. The first kappa shape index (κ1) is 22.1. The van der Waals surface area contributed by atoms with Gasteiger partial charge in [0, 0.05) is 6.92 Å². The van der Waals surface area contributed by atoms with Gasteiger partial charge in [-0.15, -0.1) is 0 Å². The number of esters is 1. The van der Waals surface area contributed by atoms with Crippen LogP contribution in [-0.2, 0) is 28.7 Å². The average molecular weight is 402 g/mol. The van der Waals surface area contributed by atoms with Crippen LogP contribution in [0.25, 0.3) is 11.1 Å². The van der Waals surface area contributed by atoms with Crippen molar-refractivity contribution in [2.24, 2.45) is 0 Å². The molecule has 1 atom stereocenters. The van der Waals surface area contributed by atoms with Crippen LogP contribution in [-0.4, -0.2) is 54.0 Å². The molecule has 8 nitrogen and oxygen atoms in total. The van der Waals surface area contributed by atoms with Crippen LogP contribution < -0.4 is 5.32 Å². The monoisotopic (exact) mass is 402 g/mol. The first-order chi connectivity index (χ1) is 13.5. The van der Waals surface area contributed by atoms with Gasteiger partial charge in [0.05, 0.1) is 6.54 Å². The molecule has 29 heavy (non-hydrogen) atoms. The Morgan fingerprint density at radius 2 is 1.86 bits per heavy atom. The molecule has 1 unspecified atom stereocenters. The zero-order chi connectivity index (χ0) is 21.8. The molecule has 0 aromatic rings. The van der Waals surface area contributed by atoms with E-state index in [4.69, 9.17) is 4.74 Å². The molecule has 8 heteroatoms. The second-order valence-corrected chi connectivity index (χ2v) is 7.82. The van der Waals surface area contributed by atoms with Crippen molar-refractivity contribution < 1.29 is 28.7 Å². The average Bonchev–Trinajstić information content (AvgIpc) is 3.22. The first-order valence-electron chi connectivity index (χ1n) is 9.20. The van der Waals surface area contributed by atoms with Crippen LogP contribution in [0.5, 0.6) is 0 Å². The highest BCUT2D eigenvalue weighted by atomic mass is 16.6. The molecule has 3 aliphatic rings. The zero-order valence-electron chi connectivity index (χ0n) is 17.3. The van der Waals surface area contributed by atoms with Gasteiger partial charge in [0.1, 0.15) is 23.9 Å². The Labute approximate surface area is 169 Å². The molecule has 1 N–H and O–H groups in total. The number of carbonyl (C=O) groups excluding carboxylic acids is 4. The predicted octanol–water partition coefficient (Wildman–Crippen LogP) is 1.79. The maximum absolute atomic E-state index is 12.4. The van der Waals surface area contributed by atoms with Gasteiger partial charge in [-0.05, 0) is 50.5 Å². The van der Waals surface area contributed by atoms with E-state index in [2.05, 4.69) is 34.3 Å². The van der Waals surface area contributed by atoms with E-state index in [0.717, 1.165) is 0 Å². The van der Waals surface area contributed by atoms with Crippen LogP contribution in [0.4, 0.5) is 0 Å². The second kappa shape index (κ2) is 8.89. The maximum atomic E-state index is 12.4. The SMILES string of the molecule is CC(=O)NC1CN(C(C(=O)OC(C)(C)C)=C(C)COC=O)C1=O.c1cc2cc-2c1. The van der Waals surface area contributed by atoms with Crippen LogP contribution in [0.15, 0.2) is 35.5 Å². The van der Waals surface area contributed by atoms with Gasteiger partial charge in [-0.25, -0.2) is 4.79 Å². The molecule has 0 aromatic carbocycles. The predicted molar refractivity (Wildman–Crippen MR) is 105 cm³/mol. The van der Waals surface area contributed by atoms with E-state index in [1.54, 1.807) is 27.7 Å². The van der Waals surface area contributed by atoms with Crippen LogP contribution in [0.2, 0.25) is 0 Å². The second-order valence-electron chi connectivity index (χ2n) is 7.82. The fourth-order valence-electron chi connectivity index (χ4n) is 2.72. The minimum absolute atomic E-state index is 0.0355. The van der Waals surface area contributed by atoms with Crippen LogP contribution in [0.1, 0.15) is 34.6 Å². The number of fused-ring (bicyclic) bond motifs is 1. The number of nitrogens with one attached hydrogen (secondary N) is 1. The molecule has 2 amide bonds. The number of benzene rings is 1. The van der Waals surface area contributed by atoms with Gasteiger partial charge in [-0.1, -0.05) is 18.2 Å². The minimum atomic E-state index is -0.737. The molecule has 3 rings (SSSR count). The molecule has 0 spiro atoms. The number of likely N-dealkylation sites (tertiary alicyclic amines) is 1. The smallest absolute Gasteiger partial charge is 0.355 e. The van der Waals surface area contributed by atoms with E-state index in [9.17, 15) is 19.2 Å². The maximum Gasteiger partial charge on any atom is 0.355 e. The summed E-state index contributed by atoms with van der Waals surface area (Å²) in [5.74, 6) is -1.42. The van der Waals surface area contributed by atoms with Gasteiger partial charge >= 0.3 is 5.97 Å². The fraction of sp³-hybridized carbons (Fsp3) is 0.429. The summed E-state index contributed by atoms with van der Waals surface area (Å²) in [6, 6.07) is 7.82. The molecule has 1 fully saturated rings. The van der Waals surface area contributed by atoms with Gasteiger partial charge in [0.15, 0.2) is 0 Å². The summed E-state index contributed by atoms with van der Waals surface area (Å²) in [5.41, 5.74) is 2.54. The quantitative estimate of drug-likeness (QED) is 0.342. The highest BCUT2D eigenvalue weighted by molar-refractivity contribution is 6.00. The Morgan fingerprint density at radius 3 is 2.24 bits per heavy atom. The molecular formula is C21H26N2O6. The Balaban J connectivity index is 0.000000414. The largest absolute Gasteiger partial charge is 0.463 e. The van der Waals surface area contributed by atoms with E-state index < -0.39 is 23.5 Å². The van der Waals surface area contributed by atoms with Gasteiger partial charge < -0.3 is 19.7 Å². The van der Waals surface area contributed by atoms with Crippen molar-refractivity contribution in [2.75, 3.05) is 13.2 Å². The lowest BCUT2D eigenvalue weighted by atomic mass is 10.0. The molecule has 1 aliphatic heterocycles. The van der Waals surface area contributed by atoms with Gasteiger partial charge in [-0.3, -0.25) is 14.4 Å². The molecular weight excluding hydrogens is 376 g/mol. The number of β-lactam (4-membered cyclic amide) rings is 1. The summed E-state index contributed by atoms with van der Waals surface area (Å²) in [6.07, 6.45) is 0. The number of ether oxygens (including phenoxy) is 2. The van der Waals surface area contributed by atoms with Crippen molar-refractivity contribution >= 4 is 24.3 Å². The topological polar surface area (TPSA) is 102 Å². The van der Waals surface area contributed by atoms with E-state index >= 15 is 0 Å². The van der Waals surface area contributed by atoms with Gasteiger partial charge in [0.2, 0.25) is 5.91 Å². The summed E-state index contributed by atoms with van der Waals surface area (Å²) >= 11 is 0. The molecule has 0 bridgehead atoms. The van der Waals surface area contributed by atoms with E-state index in [1.807, 2.05) is 0 Å². The fourth-order valence-corrected chi connectivity index (χ4v) is 2.72. The zero-order valence-corrected chi connectivity index (χ0v) is 17.3. The summed E-state index contributed by atoms with van der Waals surface area (Å²) in [6.45, 7) is 8.28. The standard InChI is InChI=1S/C15H22N2O6.C6H4/c1-9(7-22-8-18)12(14(21)23-15(3,4)5)17-6-11(13(17)20)16-10(2)19;1-2-5-4-6(5)3-1/h8,11H,6-7H2,1-5H3,(H,16,19);1-4H. The van der Waals surface area contributed by atoms with Crippen LogP contribution in [0.3, 0.4) is 0 Å². The Morgan fingerprint density at radius 1 is 1.24 bits per heavy atom. The number of carbonyl (C=O) groups is 4. The molecule has 0 aromatic heterocycles. The highest BCUT2D eigenvalue weighted by Gasteiger charge is 2.43. The lowest BCUT2D eigenvalue weighted by Gasteiger charge is -2.40. The lowest BCUT2D eigenvalue weighted by Crippen LogP contribution is -2.64. The highest BCUT2D eigenvalue weighted by Crippen LogP contribution is 2.32. The summed E-state index contributed by atoms with van der Waals surface area (Å²) < 4.78 is 9.95. The van der Waals surface area contributed by atoms with Crippen molar-refractivity contribution in [3.63, 3.8) is 0 Å². The number of hydrogen-bond donors (Lipinski definition) is 1. The van der Waals surface area contributed by atoms with Crippen molar-refractivity contribution in [2.45, 2.75) is 46.3 Å². The number of rotatable bonds is 6. The van der Waals surface area contributed by atoms with Crippen LogP contribution in [0, 0.1) is 0 Å². The van der Waals surface area contributed by atoms with Crippen molar-refractivity contribution in [1.82, 2.24) is 10.2 Å². The van der Waals surface area contributed by atoms with E-state index in [1.165, 1.54) is 23.0 Å². The van der Waals surface area contributed by atoms with E-state index in [0.29, 0.717) is 5.57 Å². The molecule has 1 heterocycles. The first-order valence-corrected chi connectivity index (χ1v) is 9.20. The third kappa shape index (κ3) is 6.17. The van der Waals surface area contributed by atoms with Crippen molar-refractivity contribution in [3.05, 3.63) is 35.5 Å². The minimum Gasteiger partial charge on any atom is -0.463 e. The molecule has 2 aliphatic carbocycles. The molecule has 0 radical (unpaired) electrons. The normalized spacial score (nSPS) is 17.1. The number of amides is 2. The summed E-state index contributed by atoms with van der Waals surface area (Å²) in [5, 5.41) is 2.49. The van der Waals surface area contributed by atoms with E-state index in [-0.39, 0.29) is 31.2 Å². The summed E-state index contributed by atoms with van der Waals surface area (Å²) in [4.78, 5) is 47.1. The Kier molecular flexibility index (Phi) is 6.79. The summed E-state index contributed by atoms with van der Waals surface area (Å²) in [7, 11) is 0. The molecule has 0 saturated carbocycles. The Bertz CT molecular complexity index is 836.